The summed E-state index contributed by atoms with van der Waals surface area (Å²) in [5, 5.41) is 11.8. The Morgan fingerprint density at radius 2 is 2.00 bits per heavy atom. The van der Waals surface area contributed by atoms with Gasteiger partial charge in [-0.25, -0.2) is 9.59 Å². The van der Waals surface area contributed by atoms with Crippen LogP contribution in [0.25, 0.3) is 0 Å². The van der Waals surface area contributed by atoms with E-state index >= 15 is 0 Å². The Balaban J connectivity index is 2.87. The molecule has 0 bridgehead atoms. The maximum Gasteiger partial charge on any atom is 0.337 e. The summed E-state index contributed by atoms with van der Waals surface area (Å²) in [6.45, 7) is 6.44. The summed E-state index contributed by atoms with van der Waals surface area (Å²) < 4.78 is 0. The zero-order chi connectivity index (χ0) is 14.6. The van der Waals surface area contributed by atoms with E-state index in [0.29, 0.717) is 18.2 Å². The largest absolute Gasteiger partial charge is 0.478 e. The zero-order valence-corrected chi connectivity index (χ0v) is 11.7. The van der Waals surface area contributed by atoms with Gasteiger partial charge in [-0.3, -0.25) is 0 Å². The van der Waals surface area contributed by atoms with Crippen LogP contribution in [0.2, 0.25) is 0 Å². The fraction of sp³-hybridized carbons (Fsp3) is 0.429. The smallest absolute Gasteiger partial charge is 0.337 e. The molecule has 19 heavy (non-hydrogen) atoms. The van der Waals surface area contributed by atoms with Crippen molar-refractivity contribution in [2.45, 2.75) is 20.8 Å². The van der Waals surface area contributed by atoms with Gasteiger partial charge in [-0.15, -0.1) is 0 Å². The Morgan fingerprint density at radius 3 is 2.53 bits per heavy atom. The summed E-state index contributed by atoms with van der Waals surface area (Å²) in [6, 6.07) is 4.62. The summed E-state index contributed by atoms with van der Waals surface area (Å²) in [5.41, 5.74) is 1.26. The van der Waals surface area contributed by atoms with Crippen molar-refractivity contribution >= 4 is 17.7 Å². The zero-order valence-electron chi connectivity index (χ0n) is 11.7. The fourth-order valence-corrected chi connectivity index (χ4v) is 1.79. The number of aromatic carboxylic acids is 1. The first-order valence-electron chi connectivity index (χ1n) is 6.17. The molecule has 104 valence electrons. The molecular formula is C14H20N2O3. The van der Waals surface area contributed by atoms with Crippen LogP contribution in [-0.2, 0) is 0 Å². The van der Waals surface area contributed by atoms with Crippen LogP contribution in [0.5, 0.6) is 0 Å². The van der Waals surface area contributed by atoms with Gasteiger partial charge in [-0.1, -0.05) is 25.5 Å². The molecule has 1 aromatic carbocycles. The number of benzene rings is 1. The Hall–Kier alpha value is -2.04. The van der Waals surface area contributed by atoms with E-state index < -0.39 is 5.97 Å². The van der Waals surface area contributed by atoms with Crippen LogP contribution in [-0.4, -0.2) is 35.6 Å². The molecule has 2 amide bonds. The number of anilines is 1. The Morgan fingerprint density at radius 1 is 1.37 bits per heavy atom. The molecule has 0 saturated carbocycles. The van der Waals surface area contributed by atoms with E-state index in [1.165, 1.54) is 4.90 Å². The minimum atomic E-state index is -1.05. The molecule has 1 aromatic rings. The van der Waals surface area contributed by atoms with Crippen LogP contribution in [0.4, 0.5) is 10.5 Å². The normalized spacial score (nSPS) is 10.4. The predicted octanol–water partition coefficient (Wildman–Crippen LogP) is 2.81. The monoisotopic (exact) mass is 264 g/mol. The molecule has 0 unspecified atom stereocenters. The molecule has 0 fully saturated rings. The molecule has 0 saturated heterocycles. The number of urea groups is 1. The number of carboxylic acids is 1. The molecule has 0 spiro atoms. The highest BCUT2D eigenvalue weighted by Gasteiger charge is 2.15. The Labute approximate surface area is 113 Å². The second-order valence-electron chi connectivity index (χ2n) is 5.06. The van der Waals surface area contributed by atoms with Crippen molar-refractivity contribution in [1.82, 2.24) is 4.90 Å². The highest BCUT2D eigenvalue weighted by Crippen LogP contribution is 2.18. The van der Waals surface area contributed by atoms with Crippen molar-refractivity contribution in [3.8, 4) is 0 Å². The molecule has 5 heteroatoms. The number of hydrogen-bond acceptors (Lipinski definition) is 2. The van der Waals surface area contributed by atoms with Crippen LogP contribution >= 0.6 is 0 Å². The van der Waals surface area contributed by atoms with Gasteiger partial charge >= 0.3 is 12.0 Å². The van der Waals surface area contributed by atoms with E-state index in [-0.39, 0.29) is 11.6 Å². The lowest BCUT2D eigenvalue weighted by Crippen LogP contribution is -2.34. The highest BCUT2D eigenvalue weighted by molar-refractivity contribution is 6.00. The van der Waals surface area contributed by atoms with Crippen molar-refractivity contribution in [2.24, 2.45) is 5.92 Å². The molecular weight excluding hydrogens is 244 g/mol. The maximum atomic E-state index is 11.9. The molecule has 0 heterocycles. The van der Waals surface area contributed by atoms with Crippen molar-refractivity contribution in [1.29, 1.82) is 0 Å². The first-order valence-corrected chi connectivity index (χ1v) is 6.17. The number of amides is 2. The van der Waals surface area contributed by atoms with Crippen molar-refractivity contribution in [3.05, 3.63) is 29.3 Å². The molecule has 2 N–H and O–H groups in total. The third kappa shape index (κ3) is 4.28. The summed E-state index contributed by atoms with van der Waals surface area (Å²) in [4.78, 5) is 24.6. The quantitative estimate of drug-likeness (QED) is 0.878. The van der Waals surface area contributed by atoms with Gasteiger partial charge in [0, 0.05) is 13.6 Å². The Bertz CT molecular complexity index is 484. The van der Waals surface area contributed by atoms with Crippen LogP contribution in [0.15, 0.2) is 18.2 Å². The van der Waals surface area contributed by atoms with Gasteiger partial charge in [0.25, 0.3) is 0 Å². The van der Waals surface area contributed by atoms with Crippen molar-refractivity contribution in [2.75, 3.05) is 18.9 Å². The minimum absolute atomic E-state index is 0.103. The van der Waals surface area contributed by atoms with Crippen molar-refractivity contribution < 1.29 is 14.7 Å². The third-order valence-electron chi connectivity index (χ3n) is 2.63. The lowest BCUT2D eigenvalue weighted by atomic mass is 10.1. The number of hydrogen-bond donors (Lipinski definition) is 2. The second kappa shape index (κ2) is 6.22. The fourth-order valence-electron chi connectivity index (χ4n) is 1.79. The van der Waals surface area contributed by atoms with Crippen LogP contribution in [0, 0.1) is 12.8 Å². The number of carbonyl (C=O) groups is 2. The molecule has 0 atom stereocenters. The first-order chi connectivity index (χ1) is 8.81. The number of nitrogens with one attached hydrogen (secondary N) is 1. The van der Waals surface area contributed by atoms with E-state index in [1.54, 1.807) is 25.2 Å². The minimum Gasteiger partial charge on any atom is -0.478 e. The van der Waals surface area contributed by atoms with Crippen molar-refractivity contribution in [3.63, 3.8) is 0 Å². The molecule has 0 aromatic heterocycles. The molecule has 0 aliphatic carbocycles. The summed E-state index contributed by atoms with van der Waals surface area (Å²) >= 11 is 0. The third-order valence-corrected chi connectivity index (χ3v) is 2.63. The first kappa shape index (κ1) is 15.0. The molecule has 0 aliphatic heterocycles. The van der Waals surface area contributed by atoms with E-state index in [2.05, 4.69) is 5.32 Å². The summed E-state index contributed by atoms with van der Waals surface area (Å²) in [5.74, 6) is -0.696. The number of aryl methyl sites for hydroxylation is 1. The number of carboxylic acid groups (broad SMARTS) is 1. The van der Waals surface area contributed by atoms with Crippen LogP contribution in [0.1, 0.15) is 29.8 Å². The average molecular weight is 264 g/mol. The molecule has 1 rings (SSSR count). The molecule has 0 aliphatic rings. The van der Waals surface area contributed by atoms with Gasteiger partial charge in [0.1, 0.15) is 0 Å². The van der Waals surface area contributed by atoms with Gasteiger partial charge in [0.2, 0.25) is 0 Å². The van der Waals surface area contributed by atoms with Gasteiger partial charge in [-0.2, -0.15) is 0 Å². The van der Waals surface area contributed by atoms with Crippen LogP contribution < -0.4 is 5.32 Å². The number of carbonyl (C=O) groups excluding carboxylic acids is 1. The number of nitrogens with zero attached hydrogens (tertiary/aromatic N) is 1. The summed E-state index contributed by atoms with van der Waals surface area (Å²) in [6.07, 6.45) is 0. The van der Waals surface area contributed by atoms with E-state index in [4.69, 9.17) is 5.11 Å². The van der Waals surface area contributed by atoms with E-state index in [9.17, 15) is 9.59 Å². The van der Waals surface area contributed by atoms with Crippen LogP contribution in [0.3, 0.4) is 0 Å². The summed E-state index contributed by atoms with van der Waals surface area (Å²) in [7, 11) is 1.68. The maximum absolute atomic E-state index is 11.9. The average Bonchev–Trinajstić information content (AvgIpc) is 2.30. The standard InChI is InChI=1S/C14H20N2O3/c1-9(2)8-16(4)14(19)15-12-6-5-10(3)7-11(12)13(17)18/h5-7,9H,8H2,1-4H3,(H,15,19)(H,17,18). The Kier molecular flexibility index (Phi) is 4.92. The SMILES string of the molecule is Cc1ccc(NC(=O)N(C)CC(C)C)c(C(=O)O)c1. The van der Waals surface area contributed by atoms with Gasteiger partial charge in [0.05, 0.1) is 11.3 Å². The topological polar surface area (TPSA) is 69.6 Å². The molecule has 5 nitrogen and oxygen atoms in total. The lowest BCUT2D eigenvalue weighted by molar-refractivity contribution is 0.0698. The number of rotatable bonds is 4. The molecule has 0 radical (unpaired) electrons. The van der Waals surface area contributed by atoms with E-state index in [0.717, 1.165) is 5.56 Å². The second-order valence-corrected chi connectivity index (χ2v) is 5.06. The highest BCUT2D eigenvalue weighted by atomic mass is 16.4. The van der Waals surface area contributed by atoms with Gasteiger partial charge in [0.15, 0.2) is 0 Å². The van der Waals surface area contributed by atoms with Gasteiger partial charge in [-0.05, 0) is 25.0 Å². The van der Waals surface area contributed by atoms with Gasteiger partial charge < -0.3 is 15.3 Å². The lowest BCUT2D eigenvalue weighted by Gasteiger charge is -2.20. The van der Waals surface area contributed by atoms with E-state index in [1.807, 2.05) is 20.8 Å². The predicted molar refractivity (Wildman–Crippen MR) is 74.6 cm³/mol.